The summed E-state index contributed by atoms with van der Waals surface area (Å²) in [7, 11) is 1.56. The standard InChI is InChI=1S/C15H13ClFN3O/c1-9-7-10(17)3-5-12(9)20-13(8-16)18-11-4-6-14(21-2)19-15(11)20/h3-7H,8H2,1-2H3. The van der Waals surface area contributed by atoms with E-state index in [1.54, 1.807) is 19.2 Å². The maximum Gasteiger partial charge on any atom is 0.215 e. The van der Waals surface area contributed by atoms with Crippen molar-refractivity contribution >= 4 is 22.8 Å². The van der Waals surface area contributed by atoms with Gasteiger partial charge in [0.05, 0.1) is 18.7 Å². The molecule has 2 heterocycles. The van der Waals surface area contributed by atoms with Crippen molar-refractivity contribution < 1.29 is 9.13 Å². The first kappa shape index (κ1) is 13.8. The largest absolute Gasteiger partial charge is 0.481 e. The van der Waals surface area contributed by atoms with Crippen molar-refractivity contribution in [1.82, 2.24) is 14.5 Å². The van der Waals surface area contributed by atoms with Crippen molar-refractivity contribution in [2.45, 2.75) is 12.8 Å². The van der Waals surface area contributed by atoms with Crippen LogP contribution in [0, 0.1) is 12.7 Å². The van der Waals surface area contributed by atoms with Gasteiger partial charge in [0, 0.05) is 6.07 Å². The fraction of sp³-hybridized carbons (Fsp3) is 0.200. The van der Waals surface area contributed by atoms with E-state index in [-0.39, 0.29) is 11.7 Å². The van der Waals surface area contributed by atoms with Crippen LogP contribution in [0.3, 0.4) is 0 Å². The molecule has 108 valence electrons. The summed E-state index contributed by atoms with van der Waals surface area (Å²) in [5.74, 6) is 1.10. The highest BCUT2D eigenvalue weighted by atomic mass is 35.5. The molecule has 0 saturated heterocycles. The minimum Gasteiger partial charge on any atom is -0.481 e. The highest BCUT2D eigenvalue weighted by molar-refractivity contribution is 6.16. The third-order valence-electron chi connectivity index (χ3n) is 3.28. The molecule has 0 aliphatic rings. The van der Waals surface area contributed by atoms with Gasteiger partial charge >= 0.3 is 0 Å². The van der Waals surface area contributed by atoms with Crippen LogP contribution < -0.4 is 4.74 Å². The van der Waals surface area contributed by atoms with Crippen LogP contribution >= 0.6 is 11.6 Å². The molecule has 0 aliphatic heterocycles. The van der Waals surface area contributed by atoms with E-state index >= 15 is 0 Å². The molecule has 0 saturated carbocycles. The quantitative estimate of drug-likeness (QED) is 0.694. The van der Waals surface area contributed by atoms with Gasteiger partial charge in [0.1, 0.15) is 17.2 Å². The van der Waals surface area contributed by atoms with E-state index in [2.05, 4.69) is 9.97 Å². The van der Waals surface area contributed by atoms with E-state index in [9.17, 15) is 4.39 Å². The molecule has 0 fully saturated rings. The van der Waals surface area contributed by atoms with Gasteiger partial charge < -0.3 is 4.74 Å². The summed E-state index contributed by atoms with van der Waals surface area (Å²) in [4.78, 5) is 8.89. The average molecular weight is 306 g/mol. The molecule has 21 heavy (non-hydrogen) atoms. The summed E-state index contributed by atoms with van der Waals surface area (Å²) in [6.07, 6.45) is 0. The number of imidazole rings is 1. The van der Waals surface area contributed by atoms with Crippen LogP contribution in [0.5, 0.6) is 5.88 Å². The topological polar surface area (TPSA) is 39.9 Å². The van der Waals surface area contributed by atoms with Crippen molar-refractivity contribution in [3.63, 3.8) is 0 Å². The second-order valence-corrected chi connectivity index (χ2v) is 4.89. The molecule has 0 aliphatic carbocycles. The number of hydrogen-bond acceptors (Lipinski definition) is 3. The summed E-state index contributed by atoms with van der Waals surface area (Å²) in [5.41, 5.74) is 2.94. The Balaban J connectivity index is 2.33. The number of rotatable bonds is 3. The number of benzene rings is 1. The highest BCUT2D eigenvalue weighted by Crippen LogP contribution is 2.25. The van der Waals surface area contributed by atoms with Gasteiger partial charge in [-0.2, -0.15) is 4.98 Å². The van der Waals surface area contributed by atoms with Crippen LogP contribution in [0.15, 0.2) is 30.3 Å². The first-order valence-electron chi connectivity index (χ1n) is 6.39. The monoisotopic (exact) mass is 305 g/mol. The fourth-order valence-corrected chi connectivity index (χ4v) is 2.49. The number of aryl methyl sites for hydroxylation is 1. The van der Waals surface area contributed by atoms with Crippen molar-refractivity contribution in [2.24, 2.45) is 0 Å². The van der Waals surface area contributed by atoms with E-state index in [0.717, 1.165) is 16.8 Å². The molecule has 1 aromatic carbocycles. The summed E-state index contributed by atoms with van der Waals surface area (Å²) in [6, 6.07) is 8.15. The summed E-state index contributed by atoms with van der Waals surface area (Å²) < 4.78 is 20.3. The Morgan fingerprint density at radius 2 is 2.05 bits per heavy atom. The van der Waals surface area contributed by atoms with Gasteiger partial charge in [0.15, 0.2) is 5.65 Å². The molecule has 0 radical (unpaired) electrons. The Labute approximate surface area is 126 Å². The Kier molecular flexibility index (Phi) is 3.51. The number of fused-ring (bicyclic) bond motifs is 1. The first-order valence-corrected chi connectivity index (χ1v) is 6.92. The van der Waals surface area contributed by atoms with Crippen LogP contribution in [-0.4, -0.2) is 21.6 Å². The molecule has 0 amide bonds. The lowest BCUT2D eigenvalue weighted by Gasteiger charge is -2.10. The zero-order valence-electron chi connectivity index (χ0n) is 11.6. The summed E-state index contributed by atoms with van der Waals surface area (Å²) >= 11 is 5.99. The van der Waals surface area contributed by atoms with Gasteiger partial charge in [-0.1, -0.05) is 0 Å². The van der Waals surface area contributed by atoms with Crippen molar-refractivity contribution in [3.8, 4) is 11.6 Å². The number of ether oxygens (including phenoxy) is 1. The molecule has 0 atom stereocenters. The molecule has 3 rings (SSSR count). The zero-order chi connectivity index (χ0) is 15.0. The molecule has 0 N–H and O–H groups in total. The smallest absolute Gasteiger partial charge is 0.215 e. The van der Waals surface area contributed by atoms with Crippen molar-refractivity contribution in [1.29, 1.82) is 0 Å². The number of nitrogens with zero attached hydrogens (tertiary/aromatic N) is 3. The molecular formula is C15H13ClFN3O. The van der Waals surface area contributed by atoms with Crippen LogP contribution in [0.4, 0.5) is 4.39 Å². The summed E-state index contributed by atoms with van der Waals surface area (Å²) in [5, 5.41) is 0. The Morgan fingerprint density at radius 3 is 2.71 bits per heavy atom. The molecular weight excluding hydrogens is 293 g/mol. The SMILES string of the molecule is COc1ccc2nc(CCl)n(-c3ccc(F)cc3C)c2n1. The zero-order valence-corrected chi connectivity index (χ0v) is 12.4. The van der Waals surface area contributed by atoms with Crippen LogP contribution in [0.25, 0.3) is 16.9 Å². The van der Waals surface area contributed by atoms with Gasteiger partial charge in [0.25, 0.3) is 0 Å². The lowest BCUT2D eigenvalue weighted by molar-refractivity contribution is 0.399. The number of methoxy groups -OCH3 is 1. The van der Waals surface area contributed by atoms with Crippen LogP contribution in [0.2, 0.25) is 0 Å². The van der Waals surface area contributed by atoms with E-state index in [1.165, 1.54) is 12.1 Å². The Hall–Kier alpha value is -2.14. The van der Waals surface area contributed by atoms with E-state index in [4.69, 9.17) is 16.3 Å². The second kappa shape index (κ2) is 5.33. The van der Waals surface area contributed by atoms with Gasteiger partial charge in [0.2, 0.25) is 5.88 Å². The normalized spacial score (nSPS) is 11.0. The van der Waals surface area contributed by atoms with E-state index < -0.39 is 0 Å². The average Bonchev–Trinajstić information content (AvgIpc) is 2.84. The molecule has 0 unspecified atom stereocenters. The molecule has 4 nitrogen and oxygen atoms in total. The van der Waals surface area contributed by atoms with Crippen molar-refractivity contribution in [3.05, 3.63) is 47.5 Å². The Morgan fingerprint density at radius 1 is 1.24 bits per heavy atom. The number of aromatic nitrogens is 3. The molecule has 3 aromatic rings. The van der Waals surface area contributed by atoms with Gasteiger partial charge in [-0.15, -0.1) is 11.6 Å². The minimum atomic E-state index is -0.279. The van der Waals surface area contributed by atoms with Gasteiger partial charge in [-0.3, -0.25) is 4.57 Å². The second-order valence-electron chi connectivity index (χ2n) is 4.62. The third-order valence-corrected chi connectivity index (χ3v) is 3.52. The lowest BCUT2D eigenvalue weighted by atomic mass is 10.2. The minimum absolute atomic E-state index is 0.232. The Bertz CT molecular complexity index is 816. The summed E-state index contributed by atoms with van der Waals surface area (Å²) in [6.45, 7) is 1.84. The predicted octanol–water partition coefficient (Wildman–Crippen LogP) is 3.62. The maximum atomic E-state index is 13.3. The number of halogens is 2. The predicted molar refractivity (Wildman–Crippen MR) is 79.7 cm³/mol. The maximum absolute atomic E-state index is 13.3. The fourth-order valence-electron chi connectivity index (χ4n) is 2.31. The molecule has 0 spiro atoms. The first-order chi connectivity index (χ1) is 10.1. The lowest BCUT2D eigenvalue weighted by Crippen LogP contribution is -2.03. The van der Waals surface area contributed by atoms with Gasteiger partial charge in [-0.25, -0.2) is 9.37 Å². The molecule has 2 aromatic heterocycles. The highest BCUT2D eigenvalue weighted by Gasteiger charge is 2.15. The number of pyridine rings is 1. The molecule has 6 heteroatoms. The van der Waals surface area contributed by atoms with E-state index in [0.29, 0.717) is 17.4 Å². The van der Waals surface area contributed by atoms with Crippen LogP contribution in [-0.2, 0) is 5.88 Å². The van der Waals surface area contributed by atoms with E-state index in [1.807, 2.05) is 17.6 Å². The van der Waals surface area contributed by atoms with Crippen LogP contribution in [0.1, 0.15) is 11.4 Å². The molecule has 0 bridgehead atoms. The number of alkyl halides is 1. The number of hydrogen-bond donors (Lipinski definition) is 0. The van der Waals surface area contributed by atoms with Gasteiger partial charge in [-0.05, 0) is 36.8 Å². The van der Waals surface area contributed by atoms with Crippen molar-refractivity contribution in [2.75, 3.05) is 7.11 Å². The third kappa shape index (κ3) is 2.34.